The number of nitrogens with zero attached hydrogens (tertiary/aromatic N) is 1. The van der Waals surface area contributed by atoms with Crippen LogP contribution in [0.25, 0.3) is 0 Å². The first-order valence-corrected chi connectivity index (χ1v) is 27.6. The molecule has 0 aromatic heterocycles. The largest absolute Gasteiger partial charge is 0.481 e. The molecule has 0 unspecified atom stereocenters. The predicted molar refractivity (Wildman–Crippen MR) is 296 cm³/mol. The second-order valence-corrected chi connectivity index (χ2v) is 21.0. The summed E-state index contributed by atoms with van der Waals surface area (Å²) >= 11 is 0. The average molecular weight is 1180 g/mol. The number of aliphatic carboxylic acids is 2. The second-order valence-electron chi connectivity index (χ2n) is 21.0. The quantitative estimate of drug-likeness (QED) is 0.0276. The van der Waals surface area contributed by atoms with E-state index in [9.17, 15) is 82.8 Å². The number of carboxylic acids is 2. The molecule has 464 valence electrons. The Morgan fingerprint density at radius 3 is 1.66 bits per heavy atom. The summed E-state index contributed by atoms with van der Waals surface area (Å²) in [6.45, 7) is 7.19. The number of aliphatic hydroxyl groups is 2. The molecule has 2 rings (SSSR count). The van der Waals surface area contributed by atoms with Gasteiger partial charge in [0.25, 0.3) is 0 Å². The molecule has 1 aliphatic heterocycles. The Balaban J connectivity index is 2.34. The van der Waals surface area contributed by atoms with Gasteiger partial charge >= 0.3 is 11.9 Å². The van der Waals surface area contributed by atoms with Crippen molar-refractivity contribution in [2.24, 2.45) is 34.8 Å². The number of carbonyl (C=O) groups excluding carboxylic acids is 11. The van der Waals surface area contributed by atoms with Crippen molar-refractivity contribution in [3.05, 3.63) is 35.9 Å². The minimum Gasteiger partial charge on any atom is -0.481 e. The first-order valence-electron chi connectivity index (χ1n) is 27.6. The lowest BCUT2D eigenvalue weighted by atomic mass is 9.98. The molecule has 1 heterocycles. The molecule has 0 spiro atoms. The van der Waals surface area contributed by atoms with Gasteiger partial charge in [0.15, 0.2) is 0 Å². The zero-order valence-corrected chi connectivity index (χ0v) is 47.6. The molecular formula is C53H85N13O17. The fourth-order valence-electron chi connectivity index (χ4n) is 8.76. The maximum atomic E-state index is 14.1. The maximum absolute atomic E-state index is 14.1. The van der Waals surface area contributed by atoms with Crippen molar-refractivity contribution in [3.8, 4) is 0 Å². The van der Waals surface area contributed by atoms with Crippen LogP contribution in [-0.2, 0) is 68.7 Å². The van der Waals surface area contributed by atoms with Gasteiger partial charge in [-0.05, 0) is 82.2 Å². The van der Waals surface area contributed by atoms with Gasteiger partial charge in [-0.2, -0.15) is 0 Å². The van der Waals surface area contributed by atoms with E-state index in [4.69, 9.17) is 22.9 Å². The summed E-state index contributed by atoms with van der Waals surface area (Å²) in [6, 6.07) is -6.80. The molecule has 30 nitrogen and oxygen atoms in total. The van der Waals surface area contributed by atoms with E-state index in [2.05, 4.69) is 42.5 Å². The van der Waals surface area contributed by atoms with E-state index < -0.39 is 182 Å². The van der Waals surface area contributed by atoms with Crippen molar-refractivity contribution in [1.29, 1.82) is 0 Å². The zero-order valence-electron chi connectivity index (χ0n) is 47.6. The average Bonchev–Trinajstić information content (AvgIpc) is 4.12. The van der Waals surface area contributed by atoms with Gasteiger partial charge in [-0.1, -0.05) is 64.4 Å². The fourth-order valence-corrected chi connectivity index (χ4v) is 8.76. The number of likely N-dealkylation sites (tertiary alicyclic amines) is 1. The Labute approximate surface area is 480 Å². The van der Waals surface area contributed by atoms with Crippen LogP contribution in [0.4, 0.5) is 0 Å². The van der Waals surface area contributed by atoms with Crippen LogP contribution in [0.3, 0.4) is 0 Å². The van der Waals surface area contributed by atoms with Crippen molar-refractivity contribution in [2.45, 2.75) is 185 Å². The van der Waals surface area contributed by atoms with Crippen LogP contribution >= 0.6 is 0 Å². The van der Waals surface area contributed by atoms with Crippen LogP contribution in [0.15, 0.2) is 30.3 Å². The molecule has 0 radical (unpaired) electrons. The van der Waals surface area contributed by atoms with Gasteiger partial charge in [0.2, 0.25) is 65.0 Å². The summed E-state index contributed by atoms with van der Waals surface area (Å²) in [5.74, 6) is -14.4. The SMILES string of the molecule is CC[C@H](C)[C@H](N)C(=O)N[C@@H](CCC(=O)O)C(=O)N[C@@H](CCC(N)=O)C(=O)N[C@@H](CC(N)=O)C(=O)N[C@H](C(=O)N[C@@H](CCCCN)C(=O)N[C@@H](CO)C(=O)N1CCC[C@H]1C(=O)N[C@@H](CC(C)C)C(=O)N[C@@H](Cc1ccccc1)C(=O)O)[C@@H](C)O. The second kappa shape index (κ2) is 35.9. The smallest absolute Gasteiger partial charge is 0.326 e. The molecule has 1 fully saturated rings. The third-order valence-electron chi connectivity index (χ3n) is 13.7. The third kappa shape index (κ3) is 24.7. The van der Waals surface area contributed by atoms with E-state index >= 15 is 0 Å². The Bertz CT molecular complexity index is 2410. The van der Waals surface area contributed by atoms with Gasteiger partial charge in [0.05, 0.1) is 25.2 Å². The van der Waals surface area contributed by atoms with E-state index in [1.165, 1.54) is 0 Å². The molecule has 12 atom stereocenters. The number of benzene rings is 1. The molecule has 1 aromatic rings. The molecule has 20 N–H and O–H groups in total. The number of nitrogens with one attached hydrogen (secondary N) is 8. The number of hydrogen-bond acceptors (Lipinski definition) is 17. The van der Waals surface area contributed by atoms with Crippen LogP contribution in [-0.4, -0.2) is 188 Å². The topological polar surface area (TPSA) is 506 Å². The Hall–Kier alpha value is -7.83. The van der Waals surface area contributed by atoms with Crippen LogP contribution < -0.4 is 65.5 Å². The lowest BCUT2D eigenvalue weighted by Crippen LogP contribution is -2.62. The highest BCUT2D eigenvalue weighted by Crippen LogP contribution is 2.20. The number of carbonyl (C=O) groups is 13. The summed E-state index contributed by atoms with van der Waals surface area (Å²) in [5.41, 5.74) is 23.1. The fraction of sp³-hybridized carbons (Fsp3) is 0.642. The number of amides is 11. The van der Waals surface area contributed by atoms with Gasteiger partial charge in [0.1, 0.15) is 54.4 Å². The Kier molecular flexibility index (Phi) is 30.8. The van der Waals surface area contributed by atoms with Gasteiger partial charge in [0, 0.05) is 25.8 Å². The van der Waals surface area contributed by atoms with Gasteiger partial charge < -0.3 is 90.8 Å². The molecule has 0 bridgehead atoms. The molecule has 1 saturated heterocycles. The number of aliphatic hydroxyl groups excluding tert-OH is 2. The molecular weight excluding hydrogens is 1090 g/mol. The van der Waals surface area contributed by atoms with E-state index in [-0.39, 0.29) is 57.0 Å². The van der Waals surface area contributed by atoms with Crippen molar-refractivity contribution < 1.29 is 82.8 Å². The lowest BCUT2D eigenvalue weighted by molar-refractivity contribution is -0.144. The van der Waals surface area contributed by atoms with Crippen molar-refractivity contribution in [1.82, 2.24) is 47.4 Å². The van der Waals surface area contributed by atoms with Crippen LogP contribution in [0.5, 0.6) is 0 Å². The molecule has 0 aliphatic carbocycles. The third-order valence-corrected chi connectivity index (χ3v) is 13.7. The van der Waals surface area contributed by atoms with Crippen molar-refractivity contribution in [3.63, 3.8) is 0 Å². The number of rotatable bonds is 38. The summed E-state index contributed by atoms with van der Waals surface area (Å²) in [7, 11) is 0. The summed E-state index contributed by atoms with van der Waals surface area (Å²) in [5, 5.41) is 59.5. The highest BCUT2D eigenvalue weighted by Gasteiger charge is 2.41. The number of primary amides is 2. The Morgan fingerprint density at radius 1 is 0.627 bits per heavy atom. The summed E-state index contributed by atoms with van der Waals surface area (Å²) in [6.07, 6.45) is -3.63. The van der Waals surface area contributed by atoms with E-state index in [0.717, 1.165) is 11.8 Å². The number of hydrogen-bond donors (Lipinski definition) is 16. The highest BCUT2D eigenvalue weighted by molar-refractivity contribution is 6.00. The number of carboxylic acid groups (broad SMARTS) is 2. The lowest BCUT2D eigenvalue weighted by Gasteiger charge is -2.31. The van der Waals surface area contributed by atoms with Crippen molar-refractivity contribution >= 4 is 76.9 Å². The summed E-state index contributed by atoms with van der Waals surface area (Å²) < 4.78 is 0. The maximum Gasteiger partial charge on any atom is 0.326 e. The molecule has 1 aliphatic rings. The van der Waals surface area contributed by atoms with Crippen LogP contribution in [0, 0.1) is 11.8 Å². The predicted octanol–water partition coefficient (Wildman–Crippen LogP) is -4.89. The molecule has 30 heteroatoms. The van der Waals surface area contributed by atoms with E-state index in [0.29, 0.717) is 24.8 Å². The van der Waals surface area contributed by atoms with E-state index in [1.807, 2.05) is 0 Å². The molecule has 83 heavy (non-hydrogen) atoms. The minimum atomic E-state index is -1.96. The monoisotopic (exact) mass is 1180 g/mol. The highest BCUT2D eigenvalue weighted by atomic mass is 16.4. The molecule has 1 aromatic carbocycles. The van der Waals surface area contributed by atoms with Crippen LogP contribution in [0.1, 0.15) is 117 Å². The molecule has 11 amide bonds. The standard InChI is InChI=1S/C53H85N13O17/c1-6-28(4)42(57)50(79)59-33(18-20-41(71)72)45(74)58-32(17-19-39(55)69)46(75)61-35(25-40(56)70)48(77)65-43(29(5)68)51(80)60-31(15-10-11-21-54)44(73)64-37(26-67)52(81)66-22-12-16-38(66)49(78)62-34(23-27(2)3)47(76)63-36(53(82)83)24-30-13-8-7-9-14-30/h7-9,13-14,27-29,31-38,42-43,67-68H,6,10-12,15-26,54,57H2,1-5H3,(H2,55,69)(H2,56,70)(H,58,74)(H,59,79)(H,60,80)(H,61,75)(H,62,78)(H,63,76)(H,64,73)(H,65,77)(H,71,72)(H,82,83)/t28-,29+,31-,32-,33-,34-,35-,36-,37-,38-,42-,43-/m0/s1. The summed E-state index contributed by atoms with van der Waals surface area (Å²) in [4.78, 5) is 173. The van der Waals surface area contributed by atoms with Crippen molar-refractivity contribution in [2.75, 3.05) is 19.7 Å². The van der Waals surface area contributed by atoms with Gasteiger partial charge in [-0.25, -0.2) is 4.79 Å². The normalized spacial score (nSPS) is 17.0. The first-order chi connectivity index (χ1) is 39.0. The Morgan fingerprint density at radius 2 is 1.14 bits per heavy atom. The van der Waals surface area contributed by atoms with E-state index in [1.54, 1.807) is 58.0 Å². The van der Waals surface area contributed by atoms with Crippen LogP contribution in [0.2, 0.25) is 0 Å². The number of unbranched alkanes of at least 4 members (excludes halogenated alkanes) is 1. The van der Waals surface area contributed by atoms with Gasteiger partial charge in [-0.3, -0.25) is 57.5 Å². The first kappa shape index (κ1) is 71.3. The zero-order chi connectivity index (χ0) is 62.7. The molecule has 0 saturated carbocycles. The minimum absolute atomic E-state index is 0.0161. The number of nitrogens with two attached hydrogens (primary N) is 4. The van der Waals surface area contributed by atoms with Gasteiger partial charge in [-0.15, -0.1) is 0 Å².